The molecule has 6 heteroatoms. The third kappa shape index (κ3) is 3.53. The molecule has 0 aliphatic rings. The Balaban J connectivity index is 2.44. The van der Waals surface area contributed by atoms with E-state index in [1.807, 2.05) is 40.7 Å². The molecule has 114 valence electrons. The number of aryl methyl sites for hydroxylation is 1. The lowest BCUT2D eigenvalue weighted by Crippen LogP contribution is -2.42. The van der Waals surface area contributed by atoms with Crippen LogP contribution in [-0.4, -0.2) is 26.0 Å². The summed E-state index contributed by atoms with van der Waals surface area (Å²) in [5, 5.41) is 2.65. The molecule has 21 heavy (non-hydrogen) atoms. The van der Waals surface area contributed by atoms with E-state index < -0.39 is 0 Å². The second-order valence-corrected chi connectivity index (χ2v) is 6.93. The van der Waals surface area contributed by atoms with Gasteiger partial charge in [-0.05, 0) is 46.2 Å². The number of aromatic nitrogens is 3. The number of nitrogens with one attached hydrogen (secondary N) is 1. The molecule has 5 nitrogen and oxygen atoms in total. The van der Waals surface area contributed by atoms with E-state index >= 15 is 0 Å². The molecule has 0 spiro atoms. The van der Waals surface area contributed by atoms with Gasteiger partial charge in [-0.2, -0.15) is 0 Å². The maximum absolute atomic E-state index is 12.2. The number of amides is 1. The molecular formula is C15H21ClN4O. The predicted molar refractivity (Wildman–Crippen MR) is 84.4 cm³/mol. The number of carbonyl (C=O) groups is 1. The molecule has 1 unspecified atom stereocenters. The van der Waals surface area contributed by atoms with Crippen LogP contribution in [0.3, 0.4) is 0 Å². The van der Waals surface area contributed by atoms with Gasteiger partial charge in [-0.1, -0.05) is 0 Å². The molecule has 0 aliphatic heterocycles. The van der Waals surface area contributed by atoms with Gasteiger partial charge < -0.3 is 9.88 Å². The van der Waals surface area contributed by atoms with E-state index in [0.717, 1.165) is 11.1 Å². The van der Waals surface area contributed by atoms with Gasteiger partial charge in [-0.15, -0.1) is 11.6 Å². The highest BCUT2D eigenvalue weighted by Gasteiger charge is 2.21. The summed E-state index contributed by atoms with van der Waals surface area (Å²) in [7, 11) is 0. The molecule has 0 saturated heterocycles. The number of imidazole rings is 1. The summed E-state index contributed by atoms with van der Waals surface area (Å²) in [6, 6.07) is 1.90. The molecule has 0 fully saturated rings. The normalized spacial score (nSPS) is 13.4. The van der Waals surface area contributed by atoms with Gasteiger partial charge in [0, 0.05) is 11.7 Å². The first kappa shape index (κ1) is 15.8. The number of pyridine rings is 1. The van der Waals surface area contributed by atoms with Crippen LogP contribution in [0.5, 0.6) is 0 Å². The largest absolute Gasteiger partial charge is 0.350 e. The standard InChI is InChI=1S/C15H21ClN4O/c1-9-6-7-17-14-12(9)18-13(10(2)16)20(14)8-11(21)19-15(3,4)5/h6-7,10H,8H2,1-5H3,(H,19,21). The number of alkyl halides is 1. The maximum atomic E-state index is 12.2. The molecule has 0 bridgehead atoms. The molecule has 0 radical (unpaired) electrons. The first-order valence-corrected chi connectivity index (χ1v) is 7.39. The Morgan fingerprint density at radius 1 is 1.48 bits per heavy atom. The van der Waals surface area contributed by atoms with Crippen LogP contribution in [0.2, 0.25) is 0 Å². The molecule has 0 aliphatic carbocycles. The van der Waals surface area contributed by atoms with Gasteiger partial charge in [0.1, 0.15) is 17.9 Å². The quantitative estimate of drug-likeness (QED) is 0.887. The summed E-state index contributed by atoms with van der Waals surface area (Å²) in [6.45, 7) is 9.82. The van der Waals surface area contributed by atoms with E-state index in [9.17, 15) is 4.79 Å². The fourth-order valence-corrected chi connectivity index (χ4v) is 2.38. The van der Waals surface area contributed by atoms with Crippen LogP contribution in [0.4, 0.5) is 0 Å². The average molecular weight is 309 g/mol. The van der Waals surface area contributed by atoms with Gasteiger partial charge in [0.15, 0.2) is 5.65 Å². The molecule has 1 atom stereocenters. The van der Waals surface area contributed by atoms with E-state index in [0.29, 0.717) is 11.5 Å². The van der Waals surface area contributed by atoms with Crippen molar-refractivity contribution in [3.63, 3.8) is 0 Å². The van der Waals surface area contributed by atoms with E-state index in [1.165, 1.54) is 0 Å². The first-order valence-electron chi connectivity index (χ1n) is 6.96. The van der Waals surface area contributed by atoms with Crippen LogP contribution in [0, 0.1) is 6.92 Å². The topological polar surface area (TPSA) is 59.8 Å². The Bertz CT molecular complexity index is 670. The number of fused-ring (bicyclic) bond motifs is 1. The summed E-state index contributed by atoms with van der Waals surface area (Å²) in [6.07, 6.45) is 1.72. The van der Waals surface area contributed by atoms with Crippen molar-refractivity contribution >= 4 is 28.7 Å². The van der Waals surface area contributed by atoms with Crippen molar-refractivity contribution in [3.8, 4) is 0 Å². The minimum atomic E-state index is -0.291. The highest BCUT2D eigenvalue weighted by atomic mass is 35.5. The second-order valence-electron chi connectivity index (χ2n) is 6.27. The number of carbonyl (C=O) groups excluding carboxylic acids is 1. The summed E-state index contributed by atoms with van der Waals surface area (Å²) in [5.74, 6) is 0.584. The zero-order chi connectivity index (χ0) is 15.8. The summed E-state index contributed by atoms with van der Waals surface area (Å²) < 4.78 is 1.79. The van der Waals surface area contributed by atoms with Crippen molar-refractivity contribution in [2.75, 3.05) is 0 Å². The molecule has 2 rings (SSSR count). The van der Waals surface area contributed by atoms with E-state index in [2.05, 4.69) is 15.3 Å². The van der Waals surface area contributed by atoms with Gasteiger partial charge in [0.05, 0.1) is 5.38 Å². The van der Waals surface area contributed by atoms with Crippen molar-refractivity contribution in [1.29, 1.82) is 0 Å². The molecule has 0 aromatic carbocycles. The van der Waals surface area contributed by atoms with Gasteiger partial charge in [-0.3, -0.25) is 4.79 Å². The van der Waals surface area contributed by atoms with Crippen molar-refractivity contribution in [1.82, 2.24) is 19.9 Å². The van der Waals surface area contributed by atoms with Crippen LogP contribution in [0.25, 0.3) is 11.2 Å². The monoisotopic (exact) mass is 308 g/mol. The van der Waals surface area contributed by atoms with Gasteiger partial charge in [0.2, 0.25) is 5.91 Å². The molecular weight excluding hydrogens is 288 g/mol. The fourth-order valence-electron chi connectivity index (χ4n) is 2.22. The summed E-state index contributed by atoms with van der Waals surface area (Å²) in [5.41, 5.74) is 2.24. The third-order valence-corrected chi connectivity index (χ3v) is 3.23. The molecule has 2 heterocycles. The number of hydrogen-bond acceptors (Lipinski definition) is 3. The molecule has 2 aromatic heterocycles. The molecule has 1 amide bonds. The minimum absolute atomic E-state index is 0.0799. The van der Waals surface area contributed by atoms with Crippen LogP contribution in [-0.2, 0) is 11.3 Å². The van der Waals surface area contributed by atoms with Crippen molar-refractivity contribution < 1.29 is 4.79 Å². The number of nitrogens with zero attached hydrogens (tertiary/aromatic N) is 3. The lowest BCUT2D eigenvalue weighted by molar-refractivity contribution is -0.123. The zero-order valence-electron chi connectivity index (χ0n) is 13.1. The van der Waals surface area contributed by atoms with E-state index in [1.54, 1.807) is 10.8 Å². The molecule has 1 N–H and O–H groups in total. The Labute approximate surface area is 129 Å². The fraction of sp³-hybridized carbons (Fsp3) is 0.533. The lowest BCUT2D eigenvalue weighted by atomic mass is 10.1. The SMILES string of the molecule is Cc1ccnc2c1nc(C(C)Cl)n2CC(=O)NC(C)(C)C. The number of halogens is 1. The van der Waals surface area contributed by atoms with E-state index in [4.69, 9.17) is 11.6 Å². The summed E-state index contributed by atoms with van der Waals surface area (Å²) >= 11 is 6.21. The zero-order valence-corrected chi connectivity index (χ0v) is 13.8. The van der Waals surface area contributed by atoms with Crippen molar-refractivity contribution in [3.05, 3.63) is 23.7 Å². The highest BCUT2D eigenvalue weighted by Crippen LogP contribution is 2.25. The number of rotatable bonds is 3. The van der Waals surface area contributed by atoms with Crippen LogP contribution < -0.4 is 5.32 Å². The van der Waals surface area contributed by atoms with Crippen molar-refractivity contribution in [2.24, 2.45) is 0 Å². The third-order valence-electron chi connectivity index (χ3n) is 3.04. The predicted octanol–water partition coefficient (Wildman–Crippen LogP) is 2.95. The lowest BCUT2D eigenvalue weighted by Gasteiger charge is -2.21. The summed E-state index contributed by atoms with van der Waals surface area (Å²) in [4.78, 5) is 21.1. The van der Waals surface area contributed by atoms with Crippen molar-refractivity contribution in [2.45, 2.75) is 52.1 Å². The highest BCUT2D eigenvalue weighted by molar-refractivity contribution is 6.20. The Kier molecular flexibility index (Phi) is 4.23. The van der Waals surface area contributed by atoms with E-state index in [-0.39, 0.29) is 23.4 Å². The van der Waals surface area contributed by atoms with Crippen LogP contribution in [0.15, 0.2) is 12.3 Å². The molecule has 2 aromatic rings. The molecule has 0 saturated carbocycles. The van der Waals surface area contributed by atoms with Gasteiger partial charge >= 0.3 is 0 Å². The minimum Gasteiger partial charge on any atom is -0.350 e. The average Bonchev–Trinajstić information content (AvgIpc) is 2.67. The Morgan fingerprint density at radius 2 is 2.14 bits per heavy atom. The number of hydrogen-bond donors (Lipinski definition) is 1. The maximum Gasteiger partial charge on any atom is 0.240 e. The Hall–Kier alpha value is -1.62. The van der Waals surface area contributed by atoms with Crippen LogP contribution >= 0.6 is 11.6 Å². The van der Waals surface area contributed by atoms with Gasteiger partial charge in [0.25, 0.3) is 0 Å². The second kappa shape index (κ2) is 5.64. The van der Waals surface area contributed by atoms with Gasteiger partial charge in [-0.25, -0.2) is 9.97 Å². The smallest absolute Gasteiger partial charge is 0.240 e. The Morgan fingerprint density at radius 3 is 2.71 bits per heavy atom. The first-order chi connectivity index (χ1) is 9.69. The van der Waals surface area contributed by atoms with Crippen LogP contribution in [0.1, 0.15) is 44.5 Å².